The SMILES string of the molecule is CC[C@H](C)[C@H](NC(=O)[C@@H](N)CO)C(=O)N[C@@H](CO)C(=O)N[C@@H](CO)C(=O)N[C@@H](Cc1ccc(O)cc1)C(=O)N[C@@H](CC(C)C)C(=O)N[C@@H](C)C(=O)O. The predicted octanol–water partition coefficient (Wildman–Crippen LogP) is -3.66. The molecule has 0 unspecified atom stereocenters. The average Bonchev–Trinajstić information content (AvgIpc) is 3.10. The number of carboxylic acid groups (broad SMARTS) is 1. The molecule has 0 fully saturated rings. The third-order valence-electron chi connectivity index (χ3n) is 8.04. The van der Waals surface area contributed by atoms with Gasteiger partial charge in [-0.1, -0.05) is 46.2 Å². The fourth-order valence-electron chi connectivity index (χ4n) is 4.67. The maximum absolute atomic E-state index is 13.6. The number of carbonyl (C=O) groups excluding carboxylic acids is 6. The number of benzene rings is 1. The Bertz CT molecular complexity index is 1380. The number of hydrogen-bond acceptors (Lipinski definition) is 12. The molecule has 0 saturated heterocycles. The molecule has 19 nitrogen and oxygen atoms in total. The summed E-state index contributed by atoms with van der Waals surface area (Å²) in [6.45, 7) is 5.51. The van der Waals surface area contributed by atoms with Crippen molar-refractivity contribution in [3.8, 4) is 5.75 Å². The van der Waals surface area contributed by atoms with E-state index in [9.17, 15) is 59.1 Å². The number of aliphatic carboxylic acids is 1. The maximum atomic E-state index is 13.6. The van der Waals surface area contributed by atoms with E-state index >= 15 is 0 Å². The maximum Gasteiger partial charge on any atom is 0.325 e. The van der Waals surface area contributed by atoms with Crippen LogP contribution in [-0.4, -0.2) is 129 Å². The molecule has 8 atom stereocenters. The summed E-state index contributed by atoms with van der Waals surface area (Å²) in [4.78, 5) is 89.7. The van der Waals surface area contributed by atoms with Crippen LogP contribution in [0.4, 0.5) is 0 Å². The lowest BCUT2D eigenvalue weighted by atomic mass is 9.97. The fourth-order valence-corrected chi connectivity index (χ4v) is 4.67. The fraction of sp³-hybridized carbons (Fsp3) is 0.606. The first kappa shape index (κ1) is 45.2. The van der Waals surface area contributed by atoms with Gasteiger partial charge >= 0.3 is 5.97 Å². The van der Waals surface area contributed by atoms with Crippen LogP contribution in [0.5, 0.6) is 5.75 Å². The summed E-state index contributed by atoms with van der Waals surface area (Å²) in [6.07, 6.45) is 0.311. The van der Waals surface area contributed by atoms with Crippen molar-refractivity contribution in [3.63, 3.8) is 0 Å². The molecule has 0 aliphatic heterocycles. The molecular formula is C33H53N7O12. The topological polar surface area (TPSA) is 319 Å². The number of aliphatic hydroxyl groups excluding tert-OH is 3. The largest absolute Gasteiger partial charge is 0.508 e. The molecule has 1 aromatic rings. The minimum Gasteiger partial charge on any atom is -0.508 e. The molecule has 52 heavy (non-hydrogen) atoms. The van der Waals surface area contributed by atoms with Crippen LogP contribution in [0.3, 0.4) is 0 Å². The summed E-state index contributed by atoms with van der Waals surface area (Å²) < 4.78 is 0. The van der Waals surface area contributed by atoms with Gasteiger partial charge in [0, 0.05) is 6.42 Å². The standard InChI is InChI=1S/C33H53N7O12/c1-6-17(4)26(40-27(45)21(34)13-41)32(50)39-25(15-43)31(49)38-24(14-42)30(48)37-23(12-19-7-9-20(44)10-8-19)29(47)36-22(11-16(2)3)28(46)35-18(5)33(51)52/h7-10,16-18,21-26,41-44H,6,11-15,34H2,1-5H3,(H,35,46)(H,36,47)(H,37,48)(H,38,49)(H,39,50)(H,40,45)(H,51,52)/t17-,18-,21-,22-,23-,24-,25-,26-/m0/s1. The van der Waals surface area contributed by atoms with E-state index in [-0.39, 0.29) is 24.5 Å². The van der Waals surface area contributed by atoms with E-state index < -0.39 is 109 Å². The van der Waals surface area contributed by atoms with Crippen molar-refractivity contribution in [1.29, 1.82) is 0 Å². The lowest BCUT2D eigenvalue weighted by Gasteiger charge is -2.28. The second-order valence-corrected chi connectivity index (χ2v) is 12.8. The zero-order valence-corrected chi connectivity index (χ0v) is 29.9. The van der Waals surface area contributed by atoms with Crippen LogP contribution < -0.4 is 37.6 Å². The van der Waals surface area contributed by atoms with E-state index in [1.54, 1.807) is 27.7 Å². The predicted molar refractivity (Wildman–Crippen MR) is 185 cm³/mol. The van der Waals surface area contributed by atoms with Crippen LogP contribution in [-0.2, 0) is 40.0 Å². The highest BCUT2D eigenvalue weighted by Crippen LogP contribution is 2.13. The number of amides is 6. The number of rotatable bonds is 22. The lowest BCUT2D eigenvalue weighted by molar-refractivity contribution is -0.142. The van der Waals surface area contributed by atoms with Crippen molar-refractivity contribution in [1.82, 2.24) is 31.9 Å². The first-order valence-corrected chi connectivity index (χ1v) is 16.8. The van der Waals surface area contributed by atoms with Gasteiger partial charge < -0.3 is 63.2 Å². The molecule has 0 aromatic heterocycles. The highest BCUT2D eigenvalue weighted by atomic mass is 16.4. The van der Waals surface area contributed by atoms with Crippen LogP contribution in [0.2, 0.25) is 0 Å². The quantitative estimate of drug-likeness (QED) is 0.0547. The van der Waals surface area contributed by atoms with E-state index in [2.05, 4.69) is 31.9 Å². The summed E-state index contributed by atoms with van der Waals surface area (Å²) in [5, 5.41) is 62.2. The van der Waals surface area contributed by atoms with Gasteiger partial charge in [-0.25, -0.2) is 0 Å². The molecule has 13 N–H and O–H groups in total. The number of phenols is 1. The molecule has 0 bridgehead atoms. The van der Waals surface area contributed by atoms with Gasteiger partial charge in [0.2, 0.25) is 35.4 Å². The highest BCUT2D eigenvalue weighted by Gasteiger charge is 2.34. The normalized spacial score (nSPS) is 15.7. The van der Waals surface area contributed by atoms with Crippen molar-refractivity contribution in [3.05, 3.63) is 29.8 Å². The Morgan fingerprint density at radius 1 is 0.635 bits per heavy atom. The molecular weight excluding hydrogens is 686 g/mol. The van der Waals surface area contributed by atoms with Crippen molar-refractivity contribution < 1.29 is 59.1 Å². The third kappa shape index (κ3) is 14.8. The van der Waals surface area contributed by atoms with Gasteiger partial charge in [-0.15, -0.1) is 0 Å². The molecule has 0 heterocycles. The minimum atomic E-state index is -1.72. The van der Waals surface area contributed by atoms with Gasteiger partial charge in [0.05, 0.1) is 19.8 Å². The molecule has 1 rings (SSSR count). The van der Waals surface area contributed by atoms with Gasteiger partial charge in [0.15, 0.2) is 0 Å². The minimum absolute atomic E-state index is 0.0739. The van der Waals surface area contributed by atoms with E-state index in [0.717, 1.165) is 0 Å². The number of carboxylic acids is 1. The number of nitrogens with one attached hydrogen (secondary N) is 6. The van der Waals surface area contributed by atoms with Crippen LogP contribution in [0.15, 0.2) is 24.3 Å². The second-order valence-electron chi connectivity index (χ2n) is 12.8. The van der Waals surface area contributed by atoms with Crippen LogP contribution in [0.1, 0.15) is 53.0 Å². The molecule has 6 amide bonds. The number of aliphatic hydroxyl groups is 3. The highest BCUT2D eigenvalue weighted by molar-refractivity contribution is 5.97. The van der Waals surface area contributed by atoms with E-state index in [4.69, 9.17) is 5.73 Å². The first-order chi connectivity index (χ1) is 24.4. The van der Waals surface area contributed by atoms with Crippen LogP contribution in [0.25, 0.3) is 0 Å². The molecule has 0 aliphatic rings. The Hall–Kier alpha value is -4.85. The van der Waals surface area contributed by atoms with Gasteiger partial charge in [0.1, 0.15) is 48.0 Å². The monoisotopic (exact) mass is 739 g/mol. The molecule has 1 aromatic carbocycles. The number of aromatic hydroxyl groups is 1. The summed E-state index contributed by atoms with van der Waals surface area (Å²) in [5.41, 5.74) is 5.99. The second kappa shape index (κ2) is 22.2. The molecule has 0 saturated carbocycles. The van der Waals surface area contributed by atoms with Gasteiger partial charge in [0.25, 0.3) is 0 Å². The van der Waals surface area contributed by atoms with Crippen LogP contribution >= 0.6 is 0 Å². The van der Waals surface area contributed by atoms with E-state index in [0.29, 0.717) is 12.0 Å². The summed E-state index contributed by atoms with van der Waals surface area (Å²) in [5.74, 6) is -7.51. The Balaban J connectivity index is 3.24. The van der Waals surface area contributed by atoms with Gasteiger partial charge in [-0.2, -0.15) is 0 Å². The Morgan fingerprint density at radius 3 is 1.56 bits per heavy atom. The number of carbonyl (C=O) groups is 7. The zero-order chi connectivity index (χ0) is 39.7. The number of hydrogen-bond donors (Lipinski definition) is 12. The van der Waals surface area contributed by atoms with Crippen molar-refractivity contribution in [2.45, 2.75) is 96.2 Å². The van der Waals surface area contributed by atoms with E-state index in [1.165, 1.54) is 31.2 Å². The lowest BCUT2D eigenvalue weighted by Crippen LogP contribution is -2.61. The van der Waals surface area contributed by atoms with E-state index in [1.807, 2.05) is 0 Å². The number of phenolic OH excluding ortho intramolecular Hbond substituents is 1. The molecule has 0 aliphatic carbocycles. The van der Waals surface area contributed by atoms with Crippen molar-refractivity contribution >= 4 is 41.4 Å². The average molecular weight is 740 g/mol. The van der Waals surface area contributed by atoms with Gasteiger partial charge in [-0.05, 0) is 42.9 Å². The first-order valence-electron chi connectivity index (χ1n) is 16.8. The molecule has 0 spiro atoms. The molecule has 292 valence electrons. The Labute approximate surface area is 301 Å². The number of nitrogens with two attached hydrogens (primary N) is 1. The summed E-state index contributed by atoms with van der Waals surface area (Å²) in [7, 11) is 0. The zero-order valence-electron chi connectivity index (χ0n) is 29.9. The molecule has 19 heteroatoms. The van der Waals surface area contributed by atoms with Crippen LogP contribution in [0, 0.1) is 11.8 Å². The Morgan fingerprint density at radius 2 is 1.10 bits per heavy atom. The summed E-state index contributed by atoms with van der Waals surface area (Å²) >= 11 is 0. The third-order valence-corrected chi connectivity index (χ3v) is 8.04. The Kier molecular flexibility index (Phi) is 19.3. The van der Waals surface area contributed by atoms with Gasteiger partial charge in [-0.3, -0.25) is 33.6 Å². The van der Waals surface area contributed by atoms with Crippen molar-refractivity contribution in [2.75, 3.05) is 19.8 Å². The smallest absolute Gasteiger partial charge is 0.325 e. The summed E-state index contributed by atoms with van der Waals surface area (Å²) in [6, 6.07) is -4.20. The molecule has 0 radical (unpaired) electrons. The van der Waals surface area contributed by atoms with Crippen molar-refractivity contribution in [2.24, 2.45) is 17.6 Å².